The Bertz CT molecular complexity index is 1050. The number of aryl methyl sites for hydroxylation is 1. The van der Waals surface area contributed by atoms with Gasteiger partial charge in [-0.1, -0.05) is 36.8 Å². The van der Waals surface area contributed by atoms with E-state index in [1.54, 1.807) is 37.3 Å². The molecule has 2 amide bonds. The summed E-state index contributed by atoms with van der Waals surface area (Å²) in [6, 6.07) is 11.3. The number of aliphatic hydroxyl groups is 1. The van der Waals surface area contributed by atoms with Crippen LogP contribution in [0.4, 0.5) is 14.9 Å². The van der Waals surface area contributed by atoms with Gasteiger partial charge in [0.2, 0.25) is 10.0 Å². The summed E-state index contributed by atoms with van der Waals surface area (Å²) in [4.78, 5) is 14.5. The SMILES string of the molecule is CO[C@@H](CN(C)S(=O)(=O)c1ccc(C)cc1)[C@@H](C)CN(C(=O)Nc1ccccc1F)[C@@H](C)CO. The normalized spacial score (nSPS) is 14.5. The van der Waals surface area contributed by atoms with Crippen molar-refractivity contribution >= 4 is 21.7 Å². The van der Waals surface area contributed by atoms with Crippen molar-refractivity contribution in [2.24, 2.45) is 5.92 Å². The minimum atomic E-state index is -3.73. The van der Waals surface area contributed by atoms with Crippen LogP contribution in [0.25, 0.3) is 0 Å². The smallest absolute Gasteiger partial charge is 0.322 e. The van der Waals surface area contributed by atoms with Crippen LogP contribution in [0.3, 0.4) is 0 Å². The molecule has 2 aromatic rings. The zero-order valence-electron chi connectivity index (χ0n) is 20.2. The van der Waals surface area contributed by atoms with Gasteiger partial charge in [0.15, 0.2) is 0 Å². The maximum Gasteiger partial charge on any atom is 0.322 e. The number of para-hydroxylation sites is 1. The number of amides is 2. The Morgan fingerprint density at radius 1 is 1.12 bits per heavy atom. The van der Waals surface area contributed by atoms with Crippen LogP contribution >= 0.6 is 0 Å². The quantitative estimate of drug-likeness (QED) is 0.498. The molecule has 0 aliphatic heterocycles. The molecular weight excluding hydrogens is 461 g/mol. The molecule has 2 N–H and O–H groups in total. The van der Waals surface area contributed by atoms with Gasteiger partial charge in [-0.05, 0) is 38.1 Å². The molecule has 0 saturated heterocycles. The molecule has 0 bridgehead atoms. The lowest BCUT2D eigenvalue weighted by Gasteiger charge is -2.34. The summed E-state index contributed by atoms with van der Waals surface area (Å²) < 4.78 is 46.7. The maximum atomic E-state index is 14.0. The van der Waals surface area contributed by atoms with Crippen molar-refractivity contribution < 1.29 is 27.4 Å². The second-order valence-corrected chi connectivity index (χ2v) is 10.5. The predicted molar refractivity (Wildman–Crippen MR) is 130 cm³/mol. The average Bonchev–Trinajstić information content (AvgIpc) is 2.81. The first-order chi connectivity index (χ1) is 16.0. The lowest BCUT2D eigenvalue weighted by atomic mass is 10.0. The molecule has 0 aromatic heterocycles. The van der Waals surface area contributed by atoms with E-state index in [0.717, 1.165) is 5.56 Å². The number of nitrogens with one attached hydrogen (secondary N) is 1. The van der Waals surface area contributed by atoms with E-state index in [1.165, 1.54) is 41.6 Å². The molecule has 188 valence electrons. The van der Waals surface area contributed by atoms with Crippen LogP contribution in [-0.2, 0) is 14.8 Å². The number of urea groups is 1. The van der Waals surface area contributed by atoms with Crippen molar-refractivity contribution in [3.8, 4) is 0 Å². The van der Waals surface area contributed by atoms with Crippen LogP contribution in [-0.4, -0.2) is 74.8 Å². The fourth-order valence-electron chi connectivity index (χ4n) is 3.47. The number of carbonyl (C=O) groups is 1. The molecule has 0 heterocycles. The van der Waals surface area contributed by atoms with Crippen molar-refractivity contribution in [2.45, 2.75) is 37.8 Å². The first kappa shape index (κ1) is 27.7. The molecule has 2 rings (SSSR count). The van der Waals surface area contributed by atoms with Gasteiger partial charge in [0.25, 0.3) is 0 Å². The fourth-order valence-corrected chi connectivity index (χ4v) is 4.65. The topological polar surface area (TPSA) is 99.2 Å². The number of ether oxygens (including phenoxy) is 1. The Morgan fingerprint density at radius 3 is 2.29 bits per heavy atom. The van der Waals surface area contributed by atoms with Crippen molar-refractivity contribution in [2.75, 3.05) is 39.2 Å². The van der Waals surface area contributed by atoms with E-state index >= 15 is 0 Å². The highest BCUT2D eigenvalue weighted by Crippen LogP contribution is 2.20. The number of methoxy groups -OCH3 is 1. The molecule has 10 heteroatoms. The number of sulfonamides is 1. The number of rotatable bonds is 11. The summed E-state index contributed by atoms with van der Waals surface area (Å²) in [5, 5.41) is 12.2. The lowest BCUT2D eigenvalue weighted by molar-refractivity contribution is 0.0305. The van der Waals surface area contributed by atoms with Crippen LogP contribution < -0.4 is 5.32 Å². The Balaban J connectivity index is 2.14. The molecule has 0 spiro atoms. The van der Waals surface area contributed by atoms with E-state index in [-0.39, 0.29) is 36.2 Å². The van der Waals surface area contributed by atoms with Gasteiger partial charge < -0.3 is 20.1 Å². The summed E-state index contributed by atoms with van der Waals surface area (Å²) in [7, 11) is -0.769. The molecule has 34 heavy (non-hydrogen) atoms. The summed E-state index contributed by atoms with van der Waals surface area (Å²) in [5.74, 6) is -0.876. The number of carbonyl (C=O) groups excluding carboxylic acids is 1. The minimum Gasteiger partial charge on any atom is -0.394 e. The molecule has 8 nitrogen and oxygen atoms in total. The number of hydrogen-bond donors (Lipinski definition) is 2. The van der Waals surface area contributed by atoms with Gasteiger partial charge >= 0.3 is 6.03 Å². The maximum absolute atomic E-state index is 14.0. The van der Waals surface area contributed by atoms with Crippen molar-refractivity contribution in [3.05, 3.63) is 59.9 Å². The highest BCUT2D eigenvalue weighted by Gasteiger charge is 2.30. The standard InChI is InChI=1S/C24H34FN3O5S/c1-17-10-12-20(13-11-17)34(31,32)27(4)15-23(33-5)18(2)14-28(19(3)16-29)24(30)26-22-9-7-6-8-21(22)25/h6-13,18-19,23,29H,14-16H2,1-5H3,(H,26,30)/t18-,19-,23-/m0/s1. The molecule has 3 atom stereocenters. The molecule has 0 aliphatic rings. The number of anilines is 1. The minimum absolute atomic E-state index is 0.0301. The summed E-state index contributed by atoms with van der Waals surface area (Å²) >= 11 is 0. The molecule has 2 aromatic carbocycles. The van der Waals surface area contributed by atoms with Crippen molar-refractivity contribution in [3.63, 3.8) is 0 Å². The van der Waals surface area contributed by atoms with Crippen LogP contribution in [0.1, 0.15) is 19.4 Å². The Kier molecular flexibility index (Phi) is 9.99. The number of benzene rings is 2. The number of nitrogens with zero attached hydrogens (tertiary/aromatic N) is 2. The van der Waals surface area contributed by atoms with Gasteiger partial charge in [-0.2, -0.15) is 4.31 Å². The number of aliphatic hydroxyl groups excluding tert-OH is 1. The summed E-state index contributed by atoms with van der Waals surface area (Å²) in [6.07, 6.45) is -0.542. The van der Waals surface area contributed by atoms with E-state index < -0.39 is 34.0 Å². The summed E-state index contributed by atoms with van der Waals surface area (Å²) in [5.41, 5.74) is 0.985. The van der Waals surface area contributed by atoms with Gasteiger partial charge in [-0.3, -0.25) is 0 Å². The number of hydrogen-bond acceptors (Lipinski definition) is 5. The third-order valence-corrected chi connectivity index (χ3v) is 7.60. The first-order valence-corrected chi connectivity index (χ1v) is 12.4. The molecule has 0 saturated carbocycles. The largest absolute Gasteiger partial charge is 0.394 e. The highest BCUT2D eigenvalue weighted by atomic mass is 32.2. The second kappa shape index (κ2) is 12.3. The van der Waals surface area contributed by atoms with Crippen LogP contribution in [0.15, 0.2) is 53.4 Å². The zero-order chi connectivity index (χ0) is 25.5. The van der Waals surface area contributed by atoms with E-state index in [1.807, 2.05) is 13.8 Å². The van der Waals surface area contributed by atoms with Gasteiger partial charge in [-0.25, -0.2) is 17.6 Å². The Morgan fingerprint density at radius 2 is 1.74 bits per heavy atom. The number of likely N-dealkylation sites (N-methyl/N-ethyl adjacent to an activating group) is 1. The van der Waals surface area contributed by atoms with Gasteiger partial charge in [0, 0.05) is 33.2 Å². The molecule has 0 fully saturated rings. The third-order valence-electron chi connectivity index (χ3n) is 5.76. The van der Waals surface area contributed by atoms with Crippen LogP contribution in [0.5, 0.6) is 0 Å². The number of halogens is 1. The van der Waals surface area contributed by atoms with E-state index in [4.69, 9.17) is 4.74 Å². The monoisotopic (exact) mass is 495 g/mol. The first-order valence-electron chi connectivity index (χ1n) is 11.0. The van der Waals surface area contributed by atoms with Gasteiger partial charge in [0.05, 0.1) is 29.3 Å². The molecule has 0 unspecified atom stereocenters. The second-order valence-electron chi connectivity index (χ2n) is 8.44. The predicted octanol–water partition coefficient (Wildman–Crippen LogP) is 3.32. The van der Waals surface area contributed by atoms with Gasteiger partial charge in [0.1, 0.15) is 5.82 Å². The van der Waals surface area contributed by atoms with Crippen LogP contribution in [0.2, 0.25) is 0 Å². The molecule has 0 radical (unpaired) electrons. The lowest BCUT2D eigenvalue weighted by Crippen LogP contribution is -2.49. The highest BCUT2D eigenvalue weighted by molar-refractivity contribution is 7.89. The average molecular weight is 496 g/mol. The van der Waals surface area contributed by atoms with E-state index in [9.17, 15) is 22.7 Å². The molecular formula is C24H34FN3O5S. The van der Waals surface area contributed by atoms with E-state index in [0.29, 0.717) is 0 Å². The fraction of sp³-hybridized carbons (Fsp3) is 0.458. The van der Waals surface area contributed by atoms with Crippen molar-refractivity contribution in [1.29, 1.82) is 0 Å². The zero-order valence-corrected chi connectivity index (χ0v) is 21.0. The van der Waals surface area contributed by atoms with Crippen LogP contribution in [0, 0.1) is 18.7 Å². The Hall–Kier alpha value is -2.53. The third kappa shape index (κ3) is 6.99. The summed E-state index contributed by atoms with van der Waals surface area (Å²) in [6.45, 7) is 5.29. The Labute approximate surface area is 201 Å². The van der Waals surface area contributed by atoms with Gasteiger partial charge in [-0.15, -0.1) is 0 Å². The van der Waals surface area contributed by atoms with E-state index in [2.05, 4.69) is 5.32 Å². The molecule has 0 aliphatic carbocycles. The van der Waals surface area contributed by atoms with Crippen molar-refractivity contribution in [1.82, 2.24) is 9.21 Å².